The van der Waals surface area contributed by atoms with E-state index in [0.717, 1.165) is 0 Å². The summed E-state index contributed by atoms with van der Waals surface area (Å²) in [6, 6.07) is -0.765. The van der Waals surface area contributed by atoms with Crippen LogP contribution in [0.5, 0.6) is 0 Å². The lowest BCUT2D eigenvalue weighted by Gasteiger charge is -2.29. The zero-order valence-electron chi connectivity index (χ0n) is 8.85. The van der Waals surface area contributed by atoms with Gasteiger partial charge in [-0.05, 0) is 6.05 Å². The number of hydrogen-bond acceptors (Lipinski definition) is 5. The Balaban J connectivity index is 3.11. The van der Waals surface area contributed by atoms with Crippen molar-refractivity contribution in [3.63, 3.8) is 0 Å². The highest BCUT2D eigenvalue weighted by atomic mass is 31.2. The van der Waals surface area contributed by atoms with Crippen LogP contribution in [0.4, 0.5) is 0 Å². The highest BCUT2D eigenvalue weighted by Gasteiger charge is 2.36. The van der Waals surface area contributed by atoms with E-state index in [4.69, 9.17) is 16.3 Å². The molecule has 0 spiro atoms. The second-order valence-corrected chi connectivity index (χ2v) is 4.40. The maximum absolute atomic E-state index is 10.7. The number of hydrogen-bond donors (Lipinski definition) is 5. The maximum Gasteiger partial charge on any atom is 0.470 e. The van der Waals surface area contributed by atoms with Gasteiger partial charge >= 0.3 is 13.8 Å². The van der Waals surface area contributed by atoms with Crippen molar-refractivity contribution in [3.05, 3.63) is 11.6 Å². The SMILES string of the molecule is [3H]C1=C(C(=O)O)CC(O)C(O)C1OP(=O)(O)O. The summed E-state index contributed by atoms with van der Waals surface area (Å²) in [6.45, 7) is 0. The van der Waals surface area contributed by atoms with Gasteiger partial charge in [0.15, 0.2) is 0 Å². The maximum atomic E-state index is 10.7. The van der Waals surface area contributed by atoms with Crippen molar-refractivity contribution < 1.29 is 40.4 Å². The molecule has 16 heavy (non-hydrogen) atoms. The third kappa shape index (κ3) is 3.38. The van der Waals surface area contributed by atoms with Gasteiger partial charge in [0.1, 0.15) is 12.2 Å². The van der Waals surface area contributed by atoms with Crippen molar-refractivity contribution in [2.45, 2.75) is 24.7 Å². The summed E-state index contributed by atoms with van der Waals surface area (Å²) in [7, 11) is -5.01. The number of carboxylic acids is 1. The third-order valence-corrected chi connectivity index (χ3v) is 2.44. The minimum atomic E-state index is -5.01. The Bertz CT molecular complexity index is 401. The predicted molar refractivity (Wildman–Crippen MR) is 49.3 cm³/mol. The first-order chi connectivity index (χ1) is 7.63. The molecule has 0 saturated heterocycles. The van der Waals surface area contributed by atoms with E-state index in [1.54, 1.807) is 0 Å². The molecular formula is C7H11O8P. The predicted octanol–water partition coefficient (Wildman–Crippen LogP) is -1.40. The molecule has 1 rings (SSSR count). The van der Waals surface area contributed by atoms with Gasteiger partial charge in [-0.2, -0.15) is 0 Å². The van der Waals surface area contributed by atoms with Gasteiger partial charge in [0.2, 0.25) is 0 Å². The van der Waals surface area contributed by atoms with Gasteiger partial charge in [0, 0.05) is 12.0 Å². The second kappa shape index (κ2) is 4.62. The van der Waals surface area contributed by atoms with Crippen LogP contribution in [0.2, 0.25) is 0 Å². The second-order valence-electron chi connectivity index (χ2n) is 3.21. The molecule has 0 aromatic carbocycles. The number of carboxylic acid groups (broad SMARTS) is 1. The van der Waals surface area contributed by atoms with Crippen molar-refractivity contribution in [2.75, 3.05) is 0 Å². The first-order valence-electron chi connectivity index (χ1n) is 4.66. The van der Waals surface area contributed by atoms with Gasteiger partial charge in [-0.3, -0.25) is 4.52 Å². The summed E-state index contributed by atoms with van der Waals surface area (Å²) in [5.74, 6) is -1.51. The molecule has 8 nitrogen and oxygen atoms in total. The number of carbonyl (C=O) groups is 1. The number of phosphoric ester groups is 1. The molecule has 9 heteroatoms. The topological polar surface area (TPSA) is 145 Å². The van der Waals surface area contributed by atoms with E-state index in [-0.39, 0.29) is 0 Å². The molecule has 3 unspecified atom stereocenters. The smallest absolute Gasteiger partial charge is 0.470 e. The third-order valence-electron chi connectivity index (χ3n) is 1.94. The van der Waals surface area contributed by atoms with E-state index in [9.17, 15) is 19.6 Å². The number of rotatable bonds is 3. The van der Waals surface area contributed by atoms with E-state index >= 15 is 0 Å². The molecule has 0 heterocycles. The lowest BCUT2D eigenvalue weighted by molar-refractivity contribution is -0.134. The van der Waals surface area contributed by atoms with E-state index < -0.39 is 50.1 Å². The van der Waals surface area contributed by atoms with Gasteiger partial charge in [0.25, 0.3) is 0 Å². The van der Waals surface area contributed by atoms with Crippen LogP contribution in [0, 0.1) is 0 Å². The number of aliphatic hydroxyl groups excluding tert-OH is 2. The molecule has 0 aromatic rings. The van der Waals surface area contributed by atoms with Gasteiger partial charge in [-0.25, -0.2) is 9.36 Å². The van der Waals surface area contributed by atoms with E-state index in [0.29, 0.717) is 0 Å². The van der Waals surface area contributed by atoms with E-state index in [2.05, 4.69) is 4.52 Å². The molecule has 1 aliphatic rings. The van der Waals surface area contributed by atoms with Crippen molar-refractivity contribution in [1.29, 1.82) is 0 Å². The van der Waals surface area contributed by atoms with E-state index in [1.807, 2.05) is 0 Å². The van der Waals surface area contributed by atoms with Crippen LogP contribution >= 0.6 is 7.82 Å². The molecule has 0 aromatic heterocycles. The summed E-state index contributed by atoms with van der Waals surface area (Å²) in [4.78, 5) is 27.8. The van der Waals surface area contributed by atoms with Crippen LogP contribution in [0.15, 0.2) is 11.6 Å². The highest BCUT2D eigenvalue weighted by Crippen LogP contribution is 2.40. The highest BCUT2D eigenvalue weighted by molar-refractivity contribution is 7.46. The normalized spacial score (nSPS) is 32.5. The molecular weight excluding hydrogens is 243 g/mol. The number of phosphoric acid groups is 1. The first-order valence-corrected chi connectivity index (χ1v) is 5.69. The van der Waals surface area contributed by atoms with Gasteiger partial charge in [-0.15, -0.1) is 0 Å². The fraction of sp³-hybridized carbons (Fsp3) is 0.571. The van der Waals surface area contributed by atoms with Crippen LogP contribution < -0.4 is 0 Å². The first kappa shape index (κ1) is 11.7. The van der Waals surface area contributed by atoms with Crippen LogP contribution in [0.1, 0.15) is 7.79 Å². The fourth-order valence-electron chi connectivity index (χ4n) is 1.23. The van der Waals surface area contributed by atoms with E-state index in [1.165, 1.54) is 0 Å². The molecule has 0 aliphatic heterocycles. The molecule has 0 saturated carbocycles. The van der Waals surface area contributed by atoms with Gasteiger partial charge < -0.3 is 25.1 Å². The van der Waals surface area contributed by atoms with Crippen molar-refractivity contribution in [1.82, 2.24) is 0 Å². The average molecular weight is 256 g/mol. The quantitative estimate of drug-likeness (QED) is 0.388. The van der Waals surface area contributed by atoms with Crippen LogP contribution in [-0.4, -0.2) is 49.4 Å². The average Bonchev–Trinajstić information content (AvgIpc) is 2.16. The number of aliphatic hydroxyl groups is 2. The Morgan fingerprint density at radius 2 is 2.12 bits per heavy atom. The lowest BCUT2D eigenvalue weighted by Crippen LogP contribution is -2.41. The van der Waals surface area contributed by atoms with Crippen LogP contribution in [0.3, 0.4) is 0 Å². The zero-order valence-corrected chi connectivity index (χ0v) is 8.74. The van der Waals surface area contributed by atoms with Gasteiger partial charge in [-0.1, -0.05) is 0 Å². The summed E-state index contributed by atoms with van der Waals surface area (Å²) >= 11 is 0. The van der Waals surface area contributed by atoms with Crippen molar-refractivity contribution >= 4 is 13.8 Å². The van der Waals surface area contributed by atoms with Crippen molar-refractivity contribution in [2.24, 2.45) is 0 Å². The Morgan fingerprint density at radius 1 is 1.56 bits per heavy atom. The van der Waals surface area contributed by atoms with Crippen LogP contribution in [0.25, 0.3) is 0 Å². The molecule has 3 atom stereocenters. The zero-order chi connectivity index (χ0) is 13.4. The largest absolute Gasteiger partial charge is 0.478 e. The standard InChI is InChI=1S/C7H11O8P/c8-4-1-3(7(10)11)2-5(6(4)9)15-16(12,13)14/h2,4-6,8-9H,1H2,(H,10,11)(H2,12,13,14)/i2T. The molecule has 0 amide bonds. The minimum absolute atomic E-state index is 0.490. The fourth-order valence-corrected chi connectivity index (χ4v) is 1.71. The van der Waals surface area contributed by atoms with Crippen LogP contribution in [-0.2, 0) is 13.9 Å². The molecule has 5 N–H and O–H groups in total. The molecule has 92 valence electrons. The lowest BCUT2D eigenvalue weighted by atomic mass is 9.92. The van der Waals surface area contributed by atoms with Crippen molar-refractivity contribution in [3.8, 4) is 0 Å². The minimum Gasteiger partial charge on any atom is -0.478 e. The molecule has 1 aliphatic carbocycles. The Labute approximate surface area is 91.4 Å². The number of aliphatic carboxylic acids is 1. The Kier molecular flexibility index (Phi) is 3.38. The Hall–Kier alpha value is -0.760. The molecule has 0 radical (unpaired) electrons. The monoisotopic (exact) mass is 256 g/mol. The summed E-state index contributed by atoms with van der Waals surface area (Å²) < 4.78 is 22.1. The Morgan fingerprint density at radius 3 is 2.56 bits per heavy atom. The van der Waals surface area contributed by atoms with Gasteiger partial charge in [0.05, 0.1) is 7.47 Å². The summed E-state index contributed by atoms with van der Waals surface area (Å²) in [5.41, 5.74) is -0.554. The summed E-state index contributed by atoms with van der Waals surface area (Å²) in [6.07, 6.45) is -5.69. The summed E-state index contributed by atoms with van der Waals surface area (Å²) in [5, 5.41) is 27.4. The molecule has 0 bridgehead atoms. The molecule has 0 fully saturated rings.